The second-order valence-electron chi connectivity index (χ2n) is 5.93. The fraction of sp³-hybridized carbons (Fsp3) is 0.182. The molecular weight excluding hydrogens is 311 g/mol. The van der Waals surface area contributed by atoms with E-state index in [0.29, 0.717) is 5.75 Å². The van der Waals surface area contributed by atoms with E-state index in [4.69, 9.17) is 0 Å². The maximum atomic E-state index is 10.6. The normalized spacial score (nSPS) is 10.9. The molecule has 0 aliphatic carbocycles. The van der Waals surface area contributed by atoms with Crippen molar-refractivity contribution in [1.29, 1.82) is 0 Å². The Morgan fingerprint density at radius 2 is 1.38 bits per heavy atom. The van der Waals surface area contributed by atoms with E-state index in [9.17, 15) is 5.11 Å². The van der Waals surface area contributed by atoms with Gasteiger partial charge in [-0.25, -0.2) is 0 Å². The molecular formula is C22H23OP. The van der Waals surface area contributed by atoms with Gasteiger partial charge in [0.05, 0.1) is 0 Å². The van der Waals surface area contributed by atoms with Crippen LogP contribution in [0.4, 0.5) is 0 Å². The standard InChI is InChI=1S/C22H23OP/c1-2-3-10-18-15-16-21(23)22(17-18)24(19-11-6-4-7-12-19)20-13-8-5-9-14-20/h4-9,11-17,23H,2-3,10H2,1H3. The summed E-state index contributed by atoms with van der Waals surface area (Å²) < 4.78 is 0. The molecule has 0 unspecified atom stereocenters. The summed E-state index contributed by atoms with van der Waals surface area (Å²) in [6, 6.07) is 27.2. The predicted octanol–water partition coefficient (Wildman–Crippen LogP) is 4.49. The molecule has 0 aliphatic heterocycles. The summed E-state index contributed by atoms with van der Waals surface area (Å²) in [4.78, 5) is 0. The number of phenols is 1. The molecule has 0 fully saturated rings. The molecule has 24 heavy (non-hydrogen) atoms. The van der Waals surface area contributed by atoms with Gasteiger partial charge in [0.15, 0.2) is 0 Å². The quantitative estimate of drug-likeness (QED) is 0.659. The molecule has 3 aromatic carbocycles. The molecule has 0 spiro atoms. The molecule has 1 nitrogen and oxygen atoms in total. The largest absolute Gasteiger partial charge is 0.507 e. The van der Waals surface area contributed by atoms with Crippen LogP contribution in [0.3, 0.4) is 0 Å². The molecule has 3 rings (SSSR count). The van der Waals surface area contributed by atoms with Crippen molar-refractivity contribution in [3.63, 3.8) is 0 Å². The number of aryl methyl sites for hydroxylation is 1. The average Bonchev–Trinajstić information content (AvgIpc) is 2.64. The lowest BCUT2D eigenvalue weighted by Gasteiger charge is -2.21. The van der Waals surface area contributed by atoms with Crippen LogP contribution in [0.15, 0.2) is 78.9 Å². The molecule has 122 valence electrons. The summed E-state index contributed by atoms with van der Waals surface area (Å²) >= 11 is 0. The molecule has 3 aromatic rings. The SMILES string of the molecule is CCCCc1ccc(O)c(P(c2ccccc2)c2ccccc2)c1. The summed E-state index contributed by atoms with van der Waals surface area (Å²) in [6.45, 7) is 2.21. The topological polar surface area (TPSA) is 20.2 Å². The third-order valence-corrected chi connectivity index (χ3v) is 6.60. The highest BCUT2D eigenvalue weighted by Crippen LogP contribution is 2.36. The lowest BCUT2D eigenvalue weighted by atomic mass is 10.1. The fourth-order valence-electron chi connectivity index (χ4n) is 2.87. The van der Waals surface area contributed by atoms with Crippen molar-refractivity contribution in [2.75, 3.05) is 0 Å². The Labute approximate surface area is 145 Å². The van der Waals surface area contributed by atoms with Gasteiger partial charge in [0.25, 0.3) is 0 Å². The Morgan fingerprint density at radius 1 is 0.792 bits per heavy atom. The monoisotopic (exact) mass is 334 g/mol. The van der Waals surface area contributed by atoms with E-state index < -0.39 is 7.92 Å². The fourth-order valence-corrected chi connectivity index (χ4v) is 5.26. The van der Waals surface area contributed by atoms with Gasteiger partial charge < -0.3 is 5.11 Å². The molecule has 0 bridgehead atoms. The number of aromatic hydroxyl groups is 1. The van der Waals surface area contributed by atoms with Crippen molar-refractivity contribution in [3.8, 4) is 5.75 Å². The molecule has 0 heterocycles. The summed E-state index contributed by atoms with van der Waals surface area (Å²) in [5.74, 6) is 0.397. The minimum absolute atomic E-state index is 0.397. The van der Waals surface area contributed by atoms with E-state index in [2.05, 4.69) is 67.6 Å². The van der Waals surface area contributed by atoms with Gasteiger partial charge in [-0.1, -0.05) is 80.1 Å². The number of hydrogen-bond acceptors (Lipinski definition) is 1. The third-order valence-electron chi connectivity index (χ3n) is 4.13. The Kier molecular flexibility index (Phi) is 5.67. The van der Waals surface area contributed by atoms with Crippen LogP contribution in [0.1, 0.15) is 25.3 Å². The van der Waals surface area contributed by atoms with E-state index in [0.717, 1.165) is 11.7 Å². The molecule has 0 saturated carbocycles. The highest BCUT2D eigenvalue weighted by atomic mass is 31.1. The summed E-state index contributed by atoms with van der Waals surface area (Å²) in [6.07, 6.45) is 3.43. The van der Waals surface area contributed by atoms with Gasteiger partial charge in [-0.3, -0.25) is 0 Å². The van der Waals surface area contributed by atoms with Crippen LogP contribution in [-0.2, 0) is 6.42 Å². The van der Waals surface area contributed by atoms with Crippen molar-refractivity contribution in [2.45, 2.75) is 26.2 Å². The van der Waals surface area contributed by atoms with Crippen LogP contribution in [0.25, 0.3) is 0 Å². The van der Waals surface area contributed by atoms with Crippen LogP contribution in [0.5, 0.6) is 5.75 Å². The number of hydrogen-bond donors (Lipinski definition) is 1. The van der Waals surface area contributed by atoms with Gasteiger partial charge in [-0.05, 0) is 49.1 Å². The molecule has 0 aromatic heterocycles. The zero-order valence-electron chi connectivity index (χ0n) is 14.0. The van der Waals surface area contributed by atoms with Crippen LogP contribution >= 0.6 is 7.92 Å². The first-order chi connectivity index (χ1) is 11.8. The first-order valence-corrected chi connectivity index (χ1v) is 9.86. The molecule has 0 aliphatic rings. The van der Waals surface area contributed by atoms with Gasteiger partial charge in [0.2, 0.25) is 0 Å². The number of benzene rings is 3. The Balaban J connectivity index is 2.09. The molecule has 0 saturated heterocycles. The van der Waals surface area contributed by atoms with Crippen LogP contribution in [-0.4, -0.2) is 5.11 Å². The van der Waals surface area contributed by atoms with Gasteiger partial charge in [-0.15, -0.1) is 0 Å². The highest BCUT2D eigenvalue weighted by Gasteiger charge is 2.19. The van der Waals surface area contributed by atoms with E-state index >= 15 is 0 Å². The maximum Gasteiger partial charge on any atom is 0.123 e. The Bertz CT molecular complexity index is 729. The molecule has 0 radical (unpaired) electrons. The van der Waals surface area contributed by atoms with Crippen molar-refractivity contribution in [1.82, 2.24) is 0 Å². The molecule has 1 N–H and O–H groups in total. The lowest BCUT2D eigenvalue weighted by Crippen LogP contribution is -2.21. The first-order valence-electron chi connectivity index (χ1n) is 8.51. The molecule has 0 atom stereocenters. The Hall–Kier alpha value is -2.11. The van der Waals surface area contributed by atoms with Gasteiger partial charge in [-0.2, -0.15) is 0 Å². The molecule has 2 heteroatoms. The summed E-state index contributed by atoms with van der Waals surface area (Å²) in [5, 5.41) is 14.2. The second-order valence-corrected chi connectivity index (χ2v) is 8.12. The van der Waals surface area contributed by atoms with E-state index in [1.807, 2.05) is 18.2 Å². The maximum absolute atomic E-state index is 10.6. The number of rotatable bonds is 6. The van der Waals surface area contributed by atoms with Gasteiger partial charge in [0, 0.05) is 5.30 Å². The third kappa shape index (κ3) is 3.86. The van der Waals surface area contributed by atoms with Gasteiger partial charge >= 0.3 is 0 Å². The van der Waals surface area contributed by atoms with Crippen LogP contribution in [0.2, 0.25) is 0 Å². The predicted molar refractivity (Wildman–Crippen MR) is 105 cm³/mol. The summed E-state index contributed by atoms with van der Waals surface area (Å²) in [5.41, 5.74) is 1.31. The highest BCUT2D eigenvalue weighted by molar-refractivity contribution is 7.80. The van der Waals surface area contributed by atoms with Crippen LogP contribution in [0, 0.1) is 0 Å². The minimum atomic E-state index is -0.748. The van der Waals surface area contributed by atoms with Crippen molar-refractivity contribution < 1.29 is 5.11 Å². The van der Waals surface area contributed by atoms with Crippen LogP contribution < -0.4 is 15.9 Å². The average molecular weight is 334 g/mol. The number of unbranched alkanes of at least 4 members (excludes halogenated alkanes) is 1. The van der Waals surface area contributed by atoms with Crippen molar-refractivity contribution in [3.05, 3.63) is 84.4 Å². The van der Waals surface area contributed by atoms with Crippen molar-refractivity contribution >= 4 is 23.8 Å². The number of phenolic OH excluding ortho intramolecular Hbond substituents is 1. The molecule has 0 amide bonds. The second kappa shape index (κ2) is 8.13. The van der Waals surface area contributed by atoms with E-state index in [1.54, 1.807) is 0 Å². The van der Waals surface area contributed by atoms with E-state index in [-0.39, 0.29) is 0 Å². The Morgan fingerprint density at radius 3 is 1.92 bits per heavy atom. The zero-order chi connectivity index (χ0) is 16.8. The van der Waals surface area contributed by atoms with E-state index in [1.165, 1.54) is 29.0 Å². The summed E-state index contributed by atoms with van der Waals surface area (Å²) in [7, 11) is -0.748. The first kappa shape index (κ1) is 16.7. The minimum Gasteiger partial charge on any atom is -0.507 e. The van der Waals surface area contributed by atoms with Crippen molar-refractivity contribution in [2.24, 2.45) is 0 Å². The van der Waals surface area contributed by atoms with Gasteiger partial charge in [0.1, 0.15) is 5.75 Å². The smallest absolute Gasteiger partial charge is 0.123 e. The zero-order valence-corrected chi connectivity index (χ0v) is 14.9. The lowest BCUT2D eigenvalue weighted by molar-refractivity contribution is 0.479.